The van der Waals surface area contributed by atoms with Crippen LogP contribution in [0.25, 0.3) is 0 Å². The number of thioether (sulfide) groups is 1. The first-order chi connectivity index (χ1) is 6.83. The van der Waals surface area contributed by atoms with Gasteiger partial charge in [0.15, 0.2) is 0 Å². The maximum Gasteiger partial charge on any atom is 0.134 e. The van der Waals surface area contributed by atoms with Gasteiger partial charge in [0.1, 0.15) is 17.3 Å². The molecule has 0 atom stereocenters. The topological polar surface area (TPSA) is 37.8 Å². The van der Waals surface area contributed by atoms with Crippen LogP contribution in [0.5, 0.6) is 0 Å². The largest absolute Gasteiger partial charge is 0.369 e. The lowest BCUT2D eigenvalue weighted by Crippen LogP contribution is -2.05. The molecule has 1 aromatic rings. The van der Waals surface area contributed by atoms with Crippen LogP contribution in [0.4, 0.5) is 5.82 Å². The van der Waals surface area contributed by atoms with Crippen LogP contribution in [0.1, 0.15) is 0 Å². The third kappa shape index (κ3) is 4.35. The fourth-order valence-electron chi connectivity index (χ4n) is 0.813. The highest BCUT2D eigenvalue weighted by atomic mass is 35.5. The van der Waals surface area contributed by atoms with Crippen molar-refractivity contribution in [2.45, 2.75) is 0 Å². The third-order valence-electron chi connectivity index (χ3n) is 1.37. The van der Waals surface area contributed by atoms with Gasteiger partial charge in [0.05, 0.1) is 5.75 Å². The molecule has 3 nitrogen and oxygen atoms in total. The summed E-state index contributed by atoms with van der Waals surface area (Å²) >= 11 is 7.39. The summed E-state index contributed by atoms with van der Waals surface area (Å²) in [5, 5.41) is 3.56. The van der Waals surface area contributed by atoms with E-state index in [1.165, 1.54) is 6.33 Å². The van der Waals surface area contributed by atoms with E-state index in [9.17, 15) is 0 Å². The fraction of sp³-hybridized carbons (Fsp3) is 0.333. The molecule has 0 radical (unpaired) electrons. The van der Waals surface area contributed by atoms with Crippen LogP contribution in [-0.2, 0) is 0 Å². The zero-order chi connectivity index (χ0) is 10.2. The first kappa shape index (κ1) is 11.2. The van der Waals surface area contributed by atoms with Gasteiger partial charge < -0.3 is 5.32 Å². The van der Waals surface area contributed by atoms with E-state index in [4.69, 9.17) is 18.0 Å². The molecule has 0 saturated carbocycles. The average molecular weight is 228 g/mol. The van der Waals surface area contributed by atoms with E-state index in [0.717, 1.165) is 23.9 Å². The Morgan fingerprint density at radius 1 is 1.57 bits per heavy atom. The summed E-state index contributed by atoms with van der Waals surface area (Å²) < 4.78 is 0. The maximum atomic E-state index is 5.68. The van der Waals surface area contributed by atoms with Crippen molar-refractivity contribution < 1.29 is 0 Å². The molecule has 0 aliphatic rings. The van der Waals surface area contributed by atoms with Crippen LogP contribution in [0.3, 0.4) is 0 Å². The van der Waals surface area contributed by atoms with Gasteiger partial charge in [0.2, 0.25) is 0 Å². The minimum Gasteiger partial charge on any atom is -0.369 e. The molecule has 1 rings (SSSR count). The first-order valence-corrected chi connectivity index (χ1v) is 5.59. The highest BCUT2D eigenvalue weighted by Gasteiger charge is 1.94. The number of terminal acetylenes is 1. The predicted octanol–water partition coefficient (Wildman–Crippen LogP) is 1.91. The van der Waals surface area contributed by atoms with Crippen molar-refractivity contribution in [1.29, 1.82) is 0 Å². The van der Waals surface area contributed by atoms with E-state index in [1.54, 1.807) is 17.8 Å². The van der Waals surface area contributed by atoms with E-state index in [0.29, 0.717) is 5.15 Å². The number of anilines is 1. The number of halogens is 1. The van der Waals surface area contributed by atoms with Crippen LogP contribution in [-0.4, -0.2) is 28.0 Å². The van der Waals surface area contributed by atoms with Crippen molar-refractivity contribution in [3.63, 3.8) is 0 Å². The molecule has 0 bridgehead atoms. The standard InChI is InChI=1S/C9H10ClN3S/c1-2-4-14-5-3-11-9-6-8(10)12-7-13-9/h1,6-7H,3-5H2,(H,11,12,13). The van der Waals surface area contributed by atoms with Crippen LogP contribution in [0.2, 0.25) is 5.15 Å². The predicted molar refractivity (Wildman–Crippen MR) is 61.7 cm³/mol. The minimum atomic E-state index is 0.443. The van der Waals surface area contributed by atoms with Crippen LogP contribution in [0, 0.1) is 12.3 Å². The van der Waals surface area contributed by atoms with Crippen molar-refractivity contribution in [1.82, 2.24) is 9.97 Å². The summed E-state index contributed by atoms with van der Waals surface area (Å²) in [5.74, 6) is 5.00. The molecule has 1 N–H and O–H groups in total. The maximum absolute atomic E-state index is 5.68. The summed E-state index contributed by atoms with van der Waals surface area (Å²) in [7, 11) is 0. The molecule has 0 aliphatic carbocycles. The Morgan fingerprint density at radius 2 is 2.43 bits per heavy atom. The van der Waals surface area contributed by atoms with E-state index < -0.39 is 0 Å². The number of hydrogen-bond donors (Lipinski definition) is 1. The van der Waals surface area contributed by atoms with Gasteiger partial charge in [-0.25, -0.2) is 9.97 Å². The first-order valence-electron chi connectivity index (χ1n) is 4.05. The lowest BCUT2D eigenvalue weighted by molar-refractivity contribution is 1.12. The molecular formula is C9H10ClN3S. The van der Waals surface area contributed by atoms with E-state index in [1.807, 2.05) is 0 Å². The number of aromatic nitrogens is 2. The van der Waals surface area contributed by atoms with Crippen LogP contribution < -0.4 is 5.32 Å². The second-order valence-electron chi connectivity index (χ2n) is 2.41. The van der Waals surface area contributed by atoms with Crippen LogP contribution in [0.15, 0.2) is 12.4 Å². The highest BCUT2D eigenvalue weighted by Crippen LogP contribution is 2.08. The Hall–Kier alpha value is -0.920. The molecule has 5 heteroatoms. The minimum absolute atomic E-state index is 0.443. The molecule has 0 fully saturated rings. The van der Waals surface area contributed by atoms with Gasteiger partial charge >= 0.3 is 0 Å². The fourth-order valence-corrected chi connectivity index (χ4v) is 1.47. The molecule has 1 aromatic heterocycles. The second-order valence-corrected chi connectivity index (χ2v) is 3.90. The average Bonchev–Trinajstić information content (AvgIpc) is 2.18. The van der Waals surface area contributed by atoms with Crippen molar-refractivity contribution in [3.8, 4) is 12.3 Å². The van der Waals surface area contributed by atoms with Crippen molar-refractivity contribution in [2.24, 2.45) is 0 Å². The Balaban J connectivity index is 2.22. The van der Waals surface area contributed by atoms with E-state index in [-0.39, 0.29) is 0 Å². The van der Waals surface area contributed by atoms with Gasteiger partial charge in [0.25, 0.3) is 0 Å². The Morgan fingerprint density at radius 3 is 3.14 bits per heavy atom. The summed E-state index contributed by atoms with van der Waals surface area (Å²) in [6, 6.07) is 1.69. The molecule has 74 valence electrons. The summed E-state index contributed by atoms with van der Waals surface area (Å²) in [5.41, 5.74) is 0. The molecule has 14 heavy (non-hydrogen) atoms. The molecule has 0 spiro atoms. The zero-order valence-corrected chi connectivity index (χ0v) is 9.11. The zero-order valence-electron chi connectivity index (χ0n) is 7.53. The van der Waals surface area contributed by atoms with Gasteiger partial charge in [-0.05, 0) is 0 Å². The molecule has 0 aliphatic heterocycles. The van der Waals surface area contributed by atoms with Gasteiger partial charge in [-0.3, -0.25) is 0 Å². The normalized spacial score (nSPS) is 9.43. The number of hydrogen-bond acceptors (Lipinski definition) is 4. The monoisotopic (exact) mass is 227 g/mol. The van der Waals surface area contributed by atoms with Crippen LogP contribution >= 0.6 is 23.4 Å². The molecule has 0 amide bonds. The quantitative estimate of drug-likeness (QED) is 0.474. The van der Waals surface area contributed by atoms with Crippen molar-refractivity contribution >= 4 is 29.2 Å². The highest BCUT2D eigenvalue weighted by molar-refractivity contribution is 7.99. The Kier molecular flexibility index (Phi) is 5.20. The van der Waals surface area contributed by atoms with Gasteiger partial charge in [-0.15, -0.1) is 18.2 Å². The van der Waals surface area contributed by atoms with E-state index >= 15 is 0 Å². The molecular weight excluding hydrogens is 218 g/mol. The molecule has 0 unspecified atom stereocenters. The molecule has 0 saturated heterocycles. The smallest absolute Gasteiger partial charge is 0.134 e. The second kappa shape index (κ2) is 6.52. The summed E-state index contributed by atoms with van der Waals surface area (Å²) in [6.45, 7) is 0.819. The van der Waals surface area contributed by atoms with Crippen molar-refractivity contribution in [3.05, 3.63) is 17.5 Å². The lowest BCUT2D eigenvalue weighted by Gasteiger charge is -2.03. The third-order valence-corrected chi connectivity index (χ3v) is 2.44. The summed E-state index contributed by atoms with van der Waals surface area (Å²) in [6.07, 6.45) is 6.54. The lowest BCUT2D eigenvalue weighted by atomic mass is 10.5. The number of rotatable bonds is 5. The molecule has 0 aromatic carbocycles. The van der Waals surface area contributed by atoms with E-state index in [2.05, 4.69) is 21.2 Å². The van der Waals surface area contributed by atoms with Gasteiger partial charge in [-0.2, -0.15) is 0 Å². The number of nitrogens with one attached hydrogen (secondary N) is 1. The van der Waals surface area contributed by atoms with Gasteiger partial charge in [0, 0.05) is 18.4 Å². The number of nitrogens with zero attached hydrogens (tertiary/aromatic N) is 2. The Labute approximate surface area is 92.7 Å². The Bertz CT molecular complexity index is 324. The summed E-state index contributed by atoms with van der Waals surface area (Å²) in [4.78, 5) is 7.78. The van der Waals surface area contributed by atoms with Crippen molar-refractivity contribution in [2.75, 3.05) is 23.4 Å². The van der Waals surface area contributed by atoms with Gasteiger partial charge in [-0.1, -0.05) is 17.5 Å². The molecule has 1 heterocycles. The SMILES string of the molecule is C#CCSCCNc1cc(Cl)ncn1.